The molecule has 0 aliphatic rings. The van der Waals surface area contributed by atoms with E-state index >= 15 is 0 Å². The molecule has 0 spiro atoms. The quantitative estimate of drug-likeness (QED) is 0.0877. The molecule has 0 aliphatic heterocycles. The Hall–Kier alpha value is -3.85. The summed E-state index contributed by atoms with van der Waals surface area (Å²) in [5.41, 5.74) is -0.108. The Balaban J connectivity index is 1.18. The van der Waals surface area contributed by atoms with Gasteiger partial charge in [-0.05, 0) is 97.4 Å². The van der Waals surface area contributed by atoms with E-state index in [9.17, 15) is 0 Å². The lowest BCUT2D eigenvalue weighted by atomic mass is 9.58. The molecular weight excluding hydrogens is 705 g/mol. The van der Waals surface area contributed by atoms with Gasteiger partial charge in [0, 0.05) is 0 Å². The first-order valence-corrected chi connectivity index (χ1v) is 21.3. The molecule has 0 saturated carbocycles. The van der Waals surface area contributed by atoms with Gasteiger partial charge in [0.1, 0.15) is 0 Å². The first-order valence-electron chi connectivity index (χ1n) is 19.7. The second-order valence-electron chi connectivity index (χ2n) is 19.8. The molecule has 0 saturated heterocycles. The maximum absolute atomic E-state index is 7.31. The first-order chi connectivity index (χ1) is 25.8. The van der Waals surface area contributed by atoms with Crippen molar-refractivity contribution in [3.8, 4) is 0 Å². The van der Waals surface area contributed by atoms with Crippen LogP contribution in [0.15, 0.2) is 109 Å². The third kappa shape index (κ3) is 5.60. The highest BCUT2D eigenvalue weighted by Crippen LogP contribution is 2.58. The van der Waals surface area contributed by atoms with Gasteiger partial charge < -0.3 is 13.0 Å². The standard InChI is InChI=1S/C50H54O3Si2/c1-45(2,3)49(46(4,5)6,39-29-25-35-21-19-31-15-13-17-33-23-27-37(39)43(35)41(31)33)51-54-53-55-52-50(47(7,8)9,48(10,11)12)40-30-26-36-22-20-32-16-14-18-34-24-28-38(40)44(36)42(32)34/h13-30H,1-12H3. The summed E-state index contributed by atoms with van der Waals surface area (Å²) in [6, 6.07) is 40.5. The van der Waals surface area contributed by atoms with Crippen LogP contribution in [0, 0.1) is 21.7 Å². The van der Waals surface area contributed by atoms with Crippen LogP contribution in [0.5, 0.6) is 0 Å². The Labute approximate surface area is 332 Å². The highest BCUT2D eigenvalue weighted by Gasteiger charge is 2.56. The van der Waals surface area contributed by atoms with E-state index in [1.54, 1.807) is 0 Å². The van der Waals surface area contributed by atoms with Gasteiger partial charge in [-0.25, -0.2) is 0 Å². The van der Waals surface area contributed by atoms with E-state index in [0.29, 0.717) is 0 Å². The number of rotatable bonds is 8. The SMILES string of the molecule is CC(C)(C)C(O[Si]O[Si]OC(c1ccc2ccc3cccc4ccc1c2c34)(C(C)(C)C)C(C)(C)C)(c1ccc2ccc3cccc4ccc1c2c34)C(C)(C)C. The summed E-state index contributed by atoms with van der Waals surface area (Å²) in [4.78, 5) is 0. The van der Waals surface area contributed by atoms with Gasteiger partial charge in [0.15, 0.2) is 0 Å². The van der Waals surface area contributed by atoms with E-state index in [1.807, 2.05) is 0 Å². The molecule has 0 heterocycles. The second kappa shape index (κ2) is 12.8. The number of benzene rings is 8. The van der Waals surface area contributed by atoms with E-state index in [-0.39, 0.29) is 41.7 Å². The fourth-order valence-corrected chi connectivity index (χ4v) is 13.0. The Morgan fingerprint density at radius 2 is 0.600 bits per heavy atom. The maximum Gasteiger partial charge on any atom is 0.423 e. The van der Waals surface area contributed by atoms with Gasteiger partial charge in [-0.2, -0.15) is 0 Å². The highest BCUT2D eigenvalue weighted by molar-refractivity contribution is 6.35. The predicted octanol–water partition coefficient (Wildman–Crippen LogP) is 13.9. The van der Waals surface area contributed by atoms with Crippen LogP contribution in [-0.4, -0.2) is 20.0 Å². The average Bonchev–Trinajstić information content (AvgIpc) is 3.11. The highest BCUT2D eigenvalue weighted by atomic mass is 28.3. The number of hydrogen-bond acceptors (Lipinski definition) is 3. The molecule has 0 unspecified atom stereocenters. The zero-order valence-corrected chi connectivity index (χ0v) is 36.6. The average molecular weight is 759 g/mol. The van der Waals surface area contributed by atoms with Crippen molar-refractivity contribution in [1.29, 1.82) is 0 Å². The van der Waals surface area contributed by atoms with Crippen LogP contribution < -0.4 is 0 Å². The molecule has 0 amide bonds. The number of hydrogen-bond donors (Lipinski definition) is 0. The molecule has 0 bridgehead atoms. The lowest BCUT2D eigenvalue weighted by Crippen LogP contribution is -2.54. The molecule has 0 aliphatic carbocycles. The van der Waals surface area contributed by atoms with Gasteiger partial charge in [-0.15, -0.1) is 0 Å². The predicted molar refractivity (Wildman–Crippen MR) is 236 cm³/mol. The Kier molecular flexibility index (Phi) is 8.88. The monoisotopic (exact) mass is 758 g/mol. The molecule has 8 rings (SSSR count). The third-order valence-corrected chi connectivity index (χ3v) is 14.0. The van der Waals surface area contributed by atoms with Crippen molar-refractivity contribution in [2.24, 2.45) is 21.7 Å². The van der Waals surface area contributed by atoms with Crippen LogP contribution in [-0.2, 0) is 24.2 Å². The molecule has 280 valence electrons. The van der Waals surface area contributed by atoms with Crippen LogP contribution in [0.4, 0.5) is 0 Å². The summed E-state index contributed by atoms with van der Waals surface area (Å²) in [6.07, 6.45) is 0. The summed E-state index contributed by atoms with van der Waals surface area (Å²) in [5.74, 6) is 0. The molecule has 8 aromatic carbocycles. The lowest BCUT2D eigenvalue weighted by molar-refractivity contribution is -0.136. The smallest absolute Gasteiger partial charge is 0.411 e. The van der Waals surface area contributed by atoms with Crippen LogP contribution >= 0.6 is 0 Å². The summed E-state index contributed by atoms with van der Waals surface area (Å²) in [5, 5.41) is 15.3. The fourth-order valence-electron chi connectivity index (χ4n) is 10.9. The van der Waals surface area contributed by atoms with Gasteiger partial charge in [0.05, 0.1) is 11.2 Å². The Bertz CT molecular complexity index is 2440. The van der Waals surface area contributed by atoms with E-state index in [4.69, 9.17) is 13.0 Å². The minimum atomic E-state index is -0.692. The van der Waals surface area contributed by atoms with Crippen molar-refractivity contribution in [3.63, 3.8) is 0 Å². The normalized spacial score (nSPS) is 14.2. The summed E-state index contributed by atoms with van der Waals surface area (Å²) in [7, 11) is -0.468. The molecule has 0 aromatic heterocycles. The lowest BCUT2D eigenvalue weighted by Gasteiger charge is -2.54. The van der Waals surface area contributed by atoms with Crippen LogP contribution in [0.25, 0.3) is 64.6 Å². The molecule has 0 fully saturated rings. The molecule has 0 N–H and O–H groups in total. The minimum Gasteiger partial charge on any atom is -0.411 e. The molecular formula is C50H54O3Si2. The van der Waals surface area contributed by atoms with Gasteiger partial charge >= 0.3 is 20.0 Å². The Morgan fingerprint density at radius 3 is 0.909 bits per heavy atom. The molecule has 0 atom stereocenters. The van der Waals surface area contributed by atoms with E-state index in [0.717, 1.165) is 0 Å². The van der Waals surface area contributed by atoms with Crippen LogP contribution in [0.1, 0.15) is 94.2 Å². The molecule has 8 aromatic rings. The van der Waals surface area contributed by atoms with Gasteiger partial charge in [0.25, 0.3) is 0 Å². The summed E-state index contributed by atoms with van der Waals surface area (Å²) < 4.78 is 21.2. The molecule has 5 heteroatoms. The zero-order valence-electron chi connectivity index (χ0n) is 34.6. The maximum atomic E-state index is 7.31. The van der Waals surface area contributed by atoms with Gasteiger partial charge in [0.2, 0.25) is 0 Å². The van der Waals surface area contributed by atoms with Crippen molar-refractivity contribution < 1.29 is 13.0 Å². The zero-order chi connectivity index (χ0) is 39.3. The van der Waals surface area contributed by atoms with Crippen molar-refractivity contribution in [3.05, 3.63) is 120 Å². The largest absolute Gasteiger partial charge is 0.423 e. The van der Waals surface area contributed by atoms with Crippen LogP contribution in [0.2, 0.25) is 0 Å². The second-order valence-corrected chi connectivity index (χ2v) is 21.3. The van der Waals surface area contributed by atoms with Crippen LogP contribution in [0.3, 0.4) is 0 Å². The van der Waals surface area contributed by atoms with Crippen molar-refractivity contribution in [1.82, 2.24) is 0 Å². The third-order valence-electron chi connectivity index (χ3n) is 12.5. The van der Waals surface area contributed by atoms with E-state index in [1.165, 1.54) is 75.8 Å². The summed E-state index contributed by atoms with van der Waals surface area (Å²) in [6.45, 7) is 27.6. The van der Waals surface area contributed by atoms with Crippen molar-refractivity contribution >= 4 is 84.6 Å². The minimum absolute atomic E-state index is 0.234. The van der Waals surface area contributed by atoms with Gasteiger partial charge in [-0.1, -0.05) is 192 Å². The molecule has 4 radical (unpaired) electrons. The molecule has 3 nitrogen and oxygen atoms in total. The van der Waals surface area contributed by atoms with Crippen molar-refractivity contribution in [2.45, 2.75) is 94.3 Å². The van der Waals surface area contributed by atoms with Crippen molar-refractivity contribution in [2.75, 3.05) is 0 Å². The first kappa shape index (κ1) is 38.0. The fraction of sp³-hybridized carbons (Fsp3) is 0.360. The topological polar surface area (TPSA) is 27.7 Å². The summed E-state index contributed by atoms with van der Waals surface area (Å²) >= 11 is 0. The Morgan fingerprint density at radius 1 is 0.327 bits per heavy atom. The van der Waals surface area contributed by atoms with Gasteiger partial charge in [-0.3, -0.25) is 0 Å². The molecule has 55 heavy (non-hydrogen) atoms. The van der Waals surface area contributed by atoms with E-state index in [2.05, 4.69) is 192 Å². The van der Waals surface area contributed by atoms with E-state index < -0.39 is 11.2 Å².